The molecule has 0 aromatic heterocycles. The Hall–Kier alpha value is -2.80. The van der Waals surface area contributed by atoms with E-state index in [1.807, 2.05) is 6.08 Å². The zero-order chi connectivity index (χ0) is 22.4. The molecule has 0 aliphatic heterocycles. The summed E-state index contributed by atoms with van der Waals surface area (Å²) in [5.74, 6) is 0.524. The third kappa shape index (κ3) is 5.10. The average Bonchev–Trinajstić information content (AvgIpc) is 2.80. The first-order valence-corrected chi connectivity index (χ1v) is 11.6. The summed E-state index contributed by atoms with van der Waals surface area (Å²) in [6, 6.07) is 26.7. The van der Waals surface area contributed by atoms with Crippen molar-refractivity contribution >= 4 is 23.1 Å². The van der Waals surface area contributed by atoms with Crippen LogP contribution in [0.25, 0.3) is 6.08 Å². The van der Waals surface area contributed by atoms with Gasteiger partial charge in [0, 0.05) is 17.1 Å². The Morgan fingerprint density at radius 2 is 1.48 bits per heavy atom. The maximum Gasteiger partial charge on any atom is 0.0467 e. The summed E-state index contributed by atoms with van der Waals surface area (Å²) < 4.78 is 0. The van der Waals surface area contributed by atoms with E-state index in [9.17, 15) is 0 Å². The Labute approximate surface area is 189 Å². The minimum Gasteiger partial charge on any atom is -0.310 e. The summed E-state index contributed by atoms with van der Waals surface area (Å²) in [6.07, 6.45) is 5.48. The van der Waals surface area contributed by atoms with Crippen molar-refractivity contribution in [1.82, 2.24) is 0 Å². The fourth-order valence-corrected chi connectivity index (χ4v) is 4.34. The van der Waals surface area contributed by atoms with Crippen LogP contribution < -0.4 is 4.90 Å². The summed E-state index contributed by atoms with van der Waals surface area (Å²) in [5.41, 5.74) is 7.64. The molecule has 1 unspecified atom stereocenters. The van der Waals surface area contributed by atoms with Crippen LogP contribution in [0.3, 0.4) is 0 Å². The molecule has 0 saturated carbocycles. The van der Waals surface area contributed by atoms with Crippen molar-refractivity contribution in [2.75, 3.05) is 4.90 Å². The van der Waals surface area contributed by atoms with Gasteiger partial charge in [0.15, 0.2) is 0 Å². The zero-order valence-corrected chi connectivity index (χ0v) is 19.9. The molecule has 0 saturated heterocycles. The Morgan fingerprint density at radius 3 is 2.00 bits per heavy atom. The molecule has 3 rings (SSSR count). The van der Waals surface area contributed by atoms with Crippen LogP contribution in [0.5, 0.6) is 0 Å². The highest BCUT2D eigenvalue weighted by atomic mass is 15.1. The first kappa shape index (κ1) is 22.9. The number of benzene rings is 3. The molecule has 162 valence electrons. The number of rotatable bonds is 9. The molecule has 0 spiro atoms. The van der Waals surface area contributed by atoms with E-state index in [-0.39, 0.29) is 5.41 Å². The van der Waals surface area contributed by atoms with Crippen LogP contribution in [-0.2, 0) is 5.41 Å². The molecule has 1 nitrogen and oxygen atoms in total. The highest BCUT2D eigenvalue weighted by Crippen LogP contribution is 2.38. The third-order valence-corrected chi connectivity index (χ3v) is 6.59. The van der Waals surface area contributed by atoms with Crippen LogP contribution in [0.2, 0.25) is 0 Å². The van der Waals surface area contributed by atoms with Gasteiger partial charge in [-0.25, -0.2) is 0 Å². The van der Waals surface area contributed by atoms with Gasteiger partial charge in [-0.2, -0.15) is 0 Å². The largest absolute Gasteiger partial charge is 0.310 e. The molecule has 3 aromatic carbocycles. The van der Waals surface area contributed by atoms with Gasteiger partial charge < -0.3 is 4.90 Å². The predicted molar refractivity (Wildman–Crippen MR) is 138 cm³/mol. The second kappa shape index (κ2) is 10.0. The molecular weight excluding hydrogens is 374 g/mol. The number of hydrogen-bond donors (Lipinski definition) is 0. The van der Waals surface area contributed by atoms with Gasteiger partial charge in [0.25, 0.3) is 0 Å². The summed E-state index contributed by atoms with van der Waals surface area (Å²) >= 11 is 0. The molecule has 0 bridgehead atoms. The Kier molecular flexibility index (Phi) is 7.38. The monoisotopic (exact) mass is 411 g/mol. The van der Waals surface area contributed by atoms with E-state index in [1.54, 1.807) is 0 Å². The fraction of sp³-hybridized carbons (Fsp3) is 0.333. The van der Waals surface area contributed by atoms with Crippen LogP contribution in [0.15, 0.2) is 79.4 Å². The van der Waals surface area contributed by atoms with Crippen molar-refractivity contribution in [1.29, 1.82) is 0 Å². The van der Waals surface area contributed by atoms with Crippen molar-refractivity contribution < 1.29 is 0 Å². The van der Waals surface area contributed by atoms with Crippen molar-refractivity contribution in [3.8, 4) is 0 Å². The Morgan fingerprint density at radius 1 is 0.871 bits per heavy atom. The highest BCUT2D eigenvalue weighted by Gasteiger charge is 2.24. The Balaban J connectivity index is 2.07. The minimum atomic E-state index is 0.236. The van der Waals surface area contributed by atoms with E-state index in [2.05, 4.69) is 119 Å². The summed E-state index contributed by atoms with van der Waals surface area (Å²) in [7, 11) is 0. The fourth-order valence-electron chi connectivity index (χ4n) is 4.34. The highest BCUT2D eigenvalue weighted by molar-refractivity contribution is 5.78. The maximum absolute atomic E-state index is 3.95. The van der Waals surface area contributed by atoms with Gasteiger partial charge >= 0.3 is 0 Å². The molecule has 31 heavy (non-hydrogen) atoms. The van der Waals surface area contributed by atoms with Gasteiger partial charge in [-0.15, -0.1) is 0 Å². The normalized spacial score (nSPS) is 13.1. The quantitative estimate of drug-likeness (QED) is 0.339. The van der Waals surface area contributed by atoms with Crippen LogP contribution in [0, 0.1) is 0 Å². The van der Waals surface area contributed by atoms with E-state index < -0.39 is 0 Å². The first-order valence-electron chi connectivity index (χ1n) is 11.6. The van der Waals surface area contributed by atoms with Gasteiger partial charge in [-0.05, 0) is 77.3 Å². The molecule has 1 atom stereocenters. The summed E-state index contributed by atoms with van der Waals surface area (Å²) in [4.78, 5) is 2.34. The molecular formula is C30H37N. The van der Waals surface area contributed by atoms with Crippen molar-refractivity contribution in [3.05, 3.63) is 96.1 Å². The van der Waals surface area contributed by atoms with E-state index in [4.69, 9.17) is 0 Å². The molecule has 1 heteroatoms. The van der Waals surface area contributed by atoms with Crippen molar-refractivity contribution in [3.63, 3.8) is 0 Å². The van der Waals surface area contributed by atoms with Gasteiger partial charge in [-0.3, -0.25) is 0 Å². The molecule has 0 fully saturated rings. The molecule has 0 heterocycles. The van der Waals surface area contributed by atoms with Crippen molar-refractivity contribution in [2.24, 2.45) is 0 Å². The topological polar surface area (TPSA) is 3.24 Å². The van der Waals surface area contributed by atoms with Gasteiger partial charge in [0.05, 0.1) is 0 Å². The van der Waals surface area contributed by atoms with Crippen LogP contribution >= 0.6 is 0 Å². The van der Waals surface area contributed by atoms with E-state index in [1.165, 1.54) is 35.3 Å². The summed E-state index contributed by atoms with van der Waals surface area (Å²) in [6.45, 7) is 15.4. The lowest BCUT2D eigenvalue weighted by atomic mass is 9.76. The molecule has 3 aromatic rings. The smallest absolute Gasteiger partial charge is 0.0467 e. The number of anilines is 3. The average molecular weight is 412 g/mol. The Bertz CT molecular complexity index is 982. The standard InChI is InChI=1S/C30H37N/c1-7-21-30(6,9-3)26-15-19-28(20-16-26)31(29-12-10-11-24(8-2)22-29)27-17-13-25(14-18-27)23(4)5/h8,10-20,22-23H,2,7,9,21H2,1,3-6H3. The first-order chi connectivity index (χ1) is 14.9. The van der Waals surface area contributed by atoms with Crippen molar-refractivity contribution in [2.45, 2.75) is 65.2 Å². The summed E-state index contributed by atoms with van der Waals surface area (Å²) in [5, 5.41) is 0. The maximum atomic E-state index is 3.95. The molecule has 0 aliphatic carbocycles. The van der Waals surface area contributed by atoms with Gasteiger partial charge in [-0.1, -0.05) is 90.1 Å². The lowest BCUT2D eigenvalue weighted by Crippen LogP contribution is -2.20. The predicted octanol–water partition coefficient (Wildman–Crippen LogP) is 9.39. The lowest BCUT2D eigenvalue weighted by Gasteiger charge is -2.30. The lowest BCUT2D eigenvalue weighted by molar-refractivity contribution is 0.414. The van der Waals surface area contributed by atoms with E-state index in [0.717, 1.165) is 17.7 Å². The molecule has 0 amide bonds. The number of hydrogen-bond acceptors (Lipinski definition) is 1. The minimum absolute atomic E-state index is 0.236. The van der Waals surface area contributed by atoms with Gasteiger partial charge in [0.1, 0.15) is 0 Å². The molecule has 0 N–H and O–H groups in total. The van der Waals surface area contributed by atoms with E-state index >= 15 is 0 Å². The molecule has 0 radical (unpaired) electrons. The van der Waals surface area contributed by atoms with E-state index in [0.29, 0.717) is 5.92 Å². The van der Waals surface area contributed by atoms with Crippen LogP contribution in [0.1, 0.15) is 76.5 Å². The van der Waals surface area contributed by atoms with Gasteiger partial charge in [0.2, 0.25) is 0 Å². The SMILES string of the molecule is C=Cc1cccc(N(c2ccc(C(C)C)cc2)c2ccc(C(C)(CC)CCC)cc2)c1. The van der Waals surface area contributed by atoms with Crippen LogP contribution in [0.4, 0.5) is 17.1 Å². The number of nitrogens with zero attached hydrogens (tertiary/aromatic N) is 1. The zero-order valence-electron chi connectivity index (χ0n) is 19.9. The second-order valence-corrected chi connectivity index (χ2v) is 9.09. The van der Waals surface area contributed by atoms with Crippen LogP contribution in [-0.4, -0.2) is 0 Å². The third-order valence-electron chi connectivity index (χ3n) is 6.59. The second-order valence-electron chi connectivity index (χ2n) is 9.09. The molecule has 0 aliphatic rings.